The Morgan fingerprint density at radius 1 is 1.06 bits per heavy atom. The Kier molecular flexibility index (Phi) is 5.03. The first-order valence-electron chi connectivity index (χ1n) is 11.3. The lowest BCUT2D eigenvalue weighted by Crippen LogP contribution is -2.34. The molecule has 2 fully saturated rings. The van der Waals surface area contributed by atoms with Crippen molar-refractivity contribution < 1.29 is 14.2 Å². The number of likely N-dealkylation sites (tertiary alicyclic amines) is 1. The number of tetrazole rings is 1. The molecule has 32 heavy (non-hydrogen) atoms. The Hall–Kier alpha value is -2.98. The summed E-state index contributed by atoms with van der Waals surface area (Å²) in [5.74, 6) is 2.04. The number of hydrogen-bond donors (Lipinski definition) is 1. The minimum Gasteiger partial charge on any atom is -0.486 e. The number of H-pyrrole nitrogens is 1. The van der Waals surface area contributed by atoms with E-state index in [0.717, 1.165) is 56.3 Å². The highest BCUT2D eigenvalue weighted by molar-refractivity contribution is 5.83. The van der Waals surface area contributed by atoms with E-state index in [9.17, 15) is 4.79 Å². The fourth-order valence-electron chi connectivity index (χ4n) is 4.98. The average Bonchev–Trinajstić information content (AvgIpc) is 3.58. The average molecular weight is 438 g/mol. The van der Waals surface area contributed by atoms with Gasteiger partial charge in [0.15, 0.2) is 17.3 Å². The Morgan fingerprint density at radius 3 is 2.66 bits per heavy atom. The summed E-state index contributed by atoms with van der Waals surface area (Å²) in [6.07, 6.45) is 4.34. The Labute approximate surface area is 184 Å². The van der Waals surface area contributed by atoms with Crippen LogP contribution in [0.1, 0.15) is 43.1 Å². The van der Waals surface area contributed by atoms with Crippen molar-refractivity contribution in [1.82, 2.24) is 30.1 Å². The Balaban J connectivity index is 1.44. The minimum absolute atomic E-state index is 0.107. The van der Waals surface area contributed by atoms with Gasteiger partial charge in [-0.25, -0.2) is 4.68 Å². The second-order valence-corrected chi connectivity index (χ2v) is 8.64. The van der Waals surface area contributed by atoms with E-state index in [0.29, 0.717) is 42.6 Å². The van der Waals surface area contributed by atoms with Gasteiger partial charge in [-0.1, -0.05) is 0 Å². The van der Waals surface area contributed by atoms with E-state index in [2.05, 4.69) is 25.4 Å². The van der Waals surface area contributed by atoms with Crippen LogP contribution in [-0.2, 0) is 11.3 Å². The van der Waals surface area contributed by atoms with Gasteiger partial charge in [0.1, 0.15) is 19.3 Å². The molecule has 10 heteroatoms. The number of ether oxygens (including phenoxy) is 3. The van der Waals surface area contributed by atoms with Crippen molar-refractivity contribution in [3.05, 3.63) is 39.9 Å². The number of fused-ring (bicyclic) bond motifs is 2. The molecule has 3 aromatic rings. The normalized spacial score (nSPS) is 21.9. The summed E-state index contributed by atoms with van der Waals surface area (Å²) in [5, 5.41) is 13.5. The molecular formula is C22H26N6O4. The highest BCUT2D eigenvalue weighted by Crippen LogP contribution is 2.35. The third-order valence-corrected chi connectivity index (χ3v) is 6.54. The molecule has 0 unspecified atom stereocenters. The Morgan fingerprint density at radius 2 is 1.88 bits per heavy atom. The van der Waals surface area contributed by atoms with Crippen LogP contribution < -0.4 is 15.0 Å². The van der Waals surface area contributed by atoms with Gasteiger partial charge in [0.25, 0.3) is 5.56 Å². The summed E-state index contributed by atoms with van der Waals surface area (Å²) < 4.78 is 19.0. The zero-order valence-electron chi connectivity index (χ0n) is 17.8. The molecule has 0 amide bonds. The quantitative estimate of drug-likeness (QED) is 0.641. The fraction of sp³-hybridized carbons (Fsp3) is 0.545. The lowest BCUT2D eigenvalue weighted by Gasteiger charge is -2.27. The van der Waals surface area contributed by atoms with Gasteiger partial charge in [0.05, 0.1) is 18.2 Å². The van der Waals surface area contributed by atoms with Crippen LogP contribution in [0, 0.1) is 0 Å². The third-order valence-electron chi connectivity index (χ3n) is 6.54. The van der Waals surface area contributed by atoms with Crippen molar-refractivity contribution >= 4 is 10.9 Å². The van der Waals surface area contributed by atoms with Gasteiger partial charge >= 0.3 is 0 Å². The summed E-state index contributed by atoms with van der Waals surface area (Å²) in [6.45, 7) is 4.19. The molecule has 3 aliphatic rings. The topological polar surface area (TPSA) is 107 Å². The van der Waals surface area contributed by atoms with Gasteiger partial charge < -0.3 is 19.2 Å². The molecule has 2 aromatic heterocycles. The highest BCUT2D eigenvalue weighted by atomic mass is 16.6. The smallest absolute Gasteiger partial charge is 0.253 e. The zero-order chi connectivity index (χ0) is 21.5. The van der Waals surface area contributed by atoms with Gasteiger partial charge in [-0.2, -0.15) is 0 Å². The summed E-state index contributed by atoms with van der Waals surface area (Å²) in [7, 11) is 0. The molecule has 10 nitrogen and oxygen atoms in total. The Bertz CT molecular complexity index is 1180. The van der Waals surface area contributed by atoms with E-state index >= 15 is 0 Å². The van der Waals surface area contributed by atoms with Gasteiger partial charge in [-0.3, -0.25) is 9.69 Å². The van der Waals surface area contributed by atoms with Crippen molar-refractivity contribution in [1.29, 1.82) is 0 Å². The van der Waals surface area contributed by atoms with Crippen LogP contribution in [0.3, 0.4) is 0 Å². The molecule has 168 valence electrons. The first-order valence-corrected chi connectivity index (χ1v) is 11.3. The number of aromatic nitrogens is 5. The first-order chi connectivity index (χ1) is 15.8. The predicted molar refractivity (Wildman–Crippen MR) is 115 cm³/mol. The van der Waals surface area contributed by atoms with Crippen LogP contribution in [0.2, 0.25) is 0 Å². The van der Waals surface area contributed by atoms with Crippen molar-refractivity contribution in [3.63, 3.8) is 0 Å². The minimum atomic E-state index is -0.324. The molecule has 2 saturated heterocycles. The van der Waals surface area contributed by atoms with Gasteiger partial charge in [-0.05, 0) is 61.3 Å². The van der Waals surface area contributed by atoms with Crippen LogP contribution in [0.4, 0.5) is 0 Å². The number of hydrogen-bond acceptors (Lipinski definition) is 8. The lowest BCUT2D eigenvalue weighted by molar-refractivity contribution is 0.0912. The number of nitrogens with one attached hydrogen (secondary N) is 1. The van der Waals surface area contributed by atoms with E-state index in [4.69, 9.17) is 14.2 Å². The molecule has 0 saturated carbocycles. The number of aromatic amines is 1. The van der Waals surface area contributed by atoms with Gasteiger partial charge in [0, 0.05) is 23.6 Å². The maximum absolute atomic E-state index is 13.3. The largest absolute Gasteiger partial charge is 0.486 e. The number of nitrogens with zero attached hydrogens (tertiary/aromatic N) is 5. The molecule has 5 heterocycles. The van der Waals surface area contributed by atoms with Crippen LogP contribution in [-0.4, -0.2) is 69.1 Å². The van der Waals surface area contributed by atoms with Gasteiger partial charge in [0.2, 0.25) is 0 Å². The fourth-order valence-corrected chi connectivity index (χ4v) is 4.98. The summed E-state index contributed by atoms with van der Waals surface area (Å²) in [4.78, 5) is 18.6. The van der Waals surface area contributed by atoms with E-state index in [1.807, 2.05) is 22.9 Å². The molecule has 0 aliphatic carbocycles. The molecule has 1 aromatic carbocycles. The van der Waals surface area contributed by atoms with Crippen molar-refractivity contribution in [2.45, 2.75) is 44.4 Å². The van der Waals surface area contributed by atoms with Gasteiger partial charge in [-0.15, -0.1) is 5.10 Å². The van der Waals surface area contributed by atoms with Crippen LogP contribution >= 0.6 is 0 Å². The monoisotopic (exact) mass is 438 g/mol. The predicted octanol–water partition coefficient (Wildman–Crippen LogP) is 1.65. The molecule has 0 bridgehead atoms. The maximum atomic E-state index is 13.3. The second kappa shape index (κ2) is 8.18. The van der Waals surface area contributed by atoms with Crippen LogP contribution in [0.5, 0.6) is 11.5 Å². The molecule has 3 aliphatic heterocycles. The SMILES string of the molecule is O=c1[nH]c2cc3c(cc2cc1[C@H](c1nnnn1C[C@H]1CCCO1)N1CCCC1)OCCO3. The van der Waals surface area contributed by atoms with Crippen molar-refractivity contribution in [2.75, 3.05) is 32.9 Å². The number of rotatable bonds is 5. The third kappa shape index (κ3) is 3.53. The first kappa shape index (κ1) is 19.7. The van der Waals surface area contributed by atoms with E-state index in [1.165, 1.54) is 0 Å². The summed E-state index contributed by atoms with van der Waals surface area (Å²) >= 11 is 0. The second-order valence-electron chi connectivity index (χ2n) is 8.64. The van der Waals surface area contributed by atoms with E-state index in [-0.39, 0.29) is 17.7 Å². The molecule has 0 spiro atoms. The van der Waals surface area contributed by atoms with Crippen molar-refractivity contribution in [2.24, 2.45) is 0 Å². The van der Waals surface area contributed by atoms with Crippen LogP contribution in [0.15, 0.2) is 23.0 Å². The van der Waals surface area contributed by atoms with E-state index in [1.54, 1.807) is 0 Å². The number of pyridine rings is 1. The molecule has 1 N–H and O–H groups in total. The van der Waals surface area contributed by atoms with Crippen molar-refractivity contribution in [3.8, 4) is 11.5 Å². The van der Waals surface area contributed by atoms with Crippen LogP contribution in [0.25, 0.3) is 10.9 Å². The van der Waals surface area contributed by atoms with E-state index < -0.39 is 0 Å². The molecule has 0 radical (unpaired) electrons. The molecule has 6 rings (SSSR count). The molecule has 2 atom stereocenters. The lowest BCUT2D eigenvalue weighted by atomic mass is 10.0. The highest BCUT2D eigenvalue weighted by Gasteiger charge is 2.33. The summed E-state index contributed by atoms with van der Waals surface area (Å²) in [5.41, 5.74) is 1.22. The summed E-state index contributed by atoms with van der Waals surface area (Å²) in [6, 6.07) is 5.39. The standard InChI is InChI=1S/C22H26N6O4/c29-22-16(10-14-11-18-19(12-17(14)23-22)32-9-8-31-18)20(27-5-1-2-6-27)21-24-25-26-28(21)13-15-4-3-7-30-15/h10-12,15,20H,1-9,13H2,(H,23,29)/t15-,20-/m1/s1. The maximum Gasteiger partial charge on any atom is 0.253 e. The molecular weight excluding hydrogens is 412 g/mol. The zero-order valence-corrected chi connectivity index (χ0v) is 17.8. The number of benzene rings is 1.